The van der Waals surface area contributed by atoms with Gasteiger partial charge in [-0.3, -0.25) is 4.99 Å². The third kappa shape index (κ3) is 7.55. The van der Waals surface area contributed by atoms with Gasteiger partial charge in [-0.25, -0.2) is 0 Å². The summed E-state index contributed by atoms with van der Waals surface area (Å²) < 4.78 is 39.8. The highest BCUT2D eigenvalue weighted by molar-refractivity contribution is 5.79. The van der Waals surface area contributed by atoms with Gasteiger partial charge in [0.2, 0.25) is 0 Å². The molecular formula is C17H27F2N3O3. The smallest absolute Gasteiger partial charge is 0.387 e. The van der Waals surface area contributed by atoms with E-state index in [-0.39, 0.29) is 17.1 Å². The van der Waals surface area contributed by atoms with Gasteiger partial charge >= 0.3 is 6.61 Å². The SMILES string of the molecule is CN=C(NCCc1ccc(OC)c(OC(F)F)c1)NCC(C)(C)OC. The molecule has 0 radical (unpaired) electrons. The Bertz CT molecular complexity index is 566. The second-order valence-corrected chi connectivity index (χ2v) is 5.93. The van der Waals surface area contributed by atoms with Crippen LogP contribution in [0.15, 0.2) is 23.2 Å². The molecule has 0 bridgehead atoms. The van der Waals surface area contributed by atoms with Gasteiger partial charge in [-0.2, -0.15) is 8.78 Å². The van der Waals surface area contributed by atoms with Gasteiger partial charge in [0.25, 0.3) is 0 Å². The molecule has 25 heavy (non-hydrogen) atoms. The van der Waals surface area contributed by atoms with E-state index in [2.05, 4.69) is 20.4 Å². The Balaban J connectivity index is 2.57. The van der Waals surface area contributed by atoms with Crippen molar-refractivity contribution in [1.82, 2.24) is 10.6 Å². The summed E-state index contributed by atoms with van der Waals surface area (Å²) in [7, 11) is 4.74. The zero-order valence-electron chi connectivity index (χ0n) is 15.4. The average Bonchev–Trinajstić information content (AvgIpc) is 2.57. The minimum absolute atomic E-state index is 0.0272. The van der Waals surface area contributed by atoms with Crippen molar-refractivity contribution in [3.05, 3.63) is 23.8 Å². The molecule has 0 atom stereocenters. The Hall–Kier alpha value is -2.09. The van der Waals surface area contributed by atoms with Crippen LogP contribution in [0, 0.1) is 0 Å². The van der Waals surface area contributed by atoms with Gasteiger partial charge in [0, 0.05) is 27.2 Å². The van der Waals surface area contributed by atoms with Crippen molar-refractivity contribution in [3.8, 4) is 11.5 Å². The molecule has 0 aliphatic rings. The van der Waals surface area contributed by atoms with Crippen LogP contribution in [0.25, 0.3) is 0 Å². The average molecular weight is 359 g/mol. The molecule has 0 aliphatic carbocycles. The molecule has 0 spiro atoms. The van der Waals surface area contributed by atoms with Crippen molar-refractivity contribution in [2.75, 3.05) is 34.4 Å². The van der Waals surface area contributed by atoms with Crippen LogP contribution in [-0.4, -0.2) is 52.5 Å². The zero-order chi connectivity index (χ0) is 18.9. The molecule has 0 fully saturated rings. The van der Waals surface area contributed by atoms with Crippen molar-refractivity contribution < 1.29 is 23.0 Å². The van der Waals surface area contributed by atoms with Crippen LogP contribution in [0.2, 0.25) is 0 Å². The molecule has 1 aromatic carbocycles. The first-order valence-corrected chi connectivity index (χ1v) is 7.92. The number of aliphatic imine (C=N–C) groups is 1. The van der Waals surface area contributed by atoms with Crippen LogP contribution in [0.5, 0.6) is 11.5 Å². The summed E-state index contributed by atoms with van der Waals surface area (Å²) in [5.74, 6) is 0.943. The molecule has 2 N–H and O–H groups in total. The summed E-state index contributed by atoms with van der Waals surface area (Å²) in [4.78, 5) is 4.14. The summed E-state index contributed by atoms with van der Waals surface area (Å²) in [6.07, 6.45) is 0.609. The number of nitrogens with one attached hydrogen (secondary N) is 2. The highest BCUT2D eigenvalue weighted by atomic mass is 19.3. The Morgan fingerprint density at radius 2 is 1.92 bits per heavy atom. The van der Waals surface area contributed by atoms with E-state index < -0.39 is 6.61 Å². The van der Waals surface area contributed by atoms with E-state index in [0.29, 0.717) is 25.5 Å². The number of nitrogens with zero attached hydrogens (tertiary/aromatic N) is 1. The summed E-state index contributed by atoms with van der Waals surface area (Å²) in [6, 6.07) is 4.97. The monoisotopic (exact) mass is 359 g/mol. The molecule has 1 rings (SSSR count). The van der Waals surface area contributed by atoms with Crippen LogP contribution in [0.4, 0.5) is 8.78 Å². The van der Waals surface area contributed by atoms with Gasteiger partial charge < -0.3 is 24.8 Å². The Morgan fingerprint density at radius 3 is 2.48 bits per heavy atom. The Kier molecular flexibility index (Phi) is 8.40. The highest BCUT2D eigenvalue weighted by Gasteiger charge is 2.16. The molecule has 0 amide bonds. The van der Waals surface area contributed by atoms with Crippen molar-refractivity contribution >= 4 is 5.96 Å². The number of hydrogen-bond donors (Lipinski definition) is 2. The van der Waals surface area contributed by atoms with E-state index in [1.807, 2.05) is 19.9 Å². The number of guanidine groups is 1. The summed E-state index contributed by atoms with van der Waals surface area (Å²) >= 11 is 0. The molecule has 6 nitrogen and oxygen atoms in total. The Labute approximate surface area is 147 Å². The lowest BCUT2D eigenvalue weighted by Gasteiger charge is -2.24. The van der Waals surface area contributed by atoms with Crippen molar-refractivity contribution in [3.63, 3.8) is 0 Å². The number of alkyl halides is 2. The standard InChI is InChI=1S/C17H27F2N3O3/c1-17(2,24-5)11-22-16(20-3)21-9-8-12-6-7-13(23-4)14(10-12)25-15(18)19/h6-7,10,15H,8-9,11H2,1-5H3,(H2,20,21,22). The fraction of sp³-hybridized carbons (Fsp3) is 0.588. The highest BCUT2D eigenvalue weighted by Crippen LogP contribution is 2.29. The quantitative estimate of drug-likeness (QED) is 0.524. The molecule has 0 saturated heterocycles. The van der Waals surface area contributed by atoms with Crippen LogP contribution in [0.3, 0.4) is 0 Å². The molecular weight excluding hydrogens is 332 g/mol. The normalized spacial score (nSPS) is 12.2. The van der Waals surface area contributed by atoms with E-state index in [0.717, 1.165) is 5.56 Å². The maximum Gasteiger partial charge on any atom is 0.387 e. The second-order valence-electron chi connectivity index (χ2n) is 5.93. The molecule has 0 unspecified atom stereocenters. The van der Waals surface area contributed by atoms with Crippen molar-refractivity contribution in [2.45, 2.75) is 32.5 Å². The fourth-order valence-corrected chi connectivity index (χ4v) is 1.98. The lowest BCUT2D eigenvalue weighted by atomic mass is 10.1. The third-order valence-electron chi connectivity index (χ3n) is 3.61. The predicted molar refractivity (Wildman–Crippen MR) is 93.8 cm³/mol. The van der Waals surface area contributed by atoms with Crippen LogP contribution >= 0.6 is 0 Å². The molecule has 0 saturated carbocycles. The van der Waals surface area contributed by atoms with Gasteiger partial charge in [-0.05, 0) is 38.0 Å². The summed E-state index contributed by atoms with van der Waals surface area (Å²) in [5, 5.41) is 6.34. The number of methoxy groups -OCH3 is 2. The first-order chi connectivity index (χ1) is 11.8. The minimum Gasteiger partial charge on any atom is -0.493 e. The van der Waals surface area contributed by atoms with E-state index in [1.54, 1.807) is 26.3 Å². The largest absolute Gasteiger partial charge is 0.493 e. The summed E-state index contributed by atoms with van der Waals surface area (Å²) in [5.41, 5.74) is 0.534. The summed E-state index contributed by atoms with van der Waals surface area (Å²) in [6.45, 7) is 2.21. The minimum atomic E-state index is -2.89. The van der Waals surface area contributed by atoms with E-state index in [4.69, 9.17) is 9.47 Å². The first kappa shape index (κ1) is 21.0. The number of ether oxygens (including phenoxy) is 3. The molecule has 0 aliphatic heterocycles. The maximum atomic E-state index is 12.5. The fourth-order valence-electron chi connectivity index (χ4n) is 1.98. The van der Waals surface area contributed by atoms with Crippen LogP contribution in [-0.2, 0) is 11.2 Å². The first-order valence-electron chi connectivity index (χ1n) is 7.92. The number of benzene rings is 1. The van der Waals surface area contributed by atoms with Crippen LogP contribution < -0.4 is 20.1 Å². The topological polar surface area (TPSA) is 64.1 Å². The number of rotatable bonds is 9. The molecule has 0 heterocycles. The number of halogens is 2. The van der Waals surface area contributed by atoms with Gasteiger partial charge in [-0.1, -0.05) is 6.07 Å². The maximum absolute atomic E-state index is 12.5. The Morgan fingerprint density at radius 1 is 1.20 bits per heavy atom. The second kappa shape index (κ2) is 10.0. The van der Waals surface area contributed by atoms with Gasteiger partial charge in [0.15, 0.2) is 17.5 Å². The lowest BCUT2D eigenvalue weighted by molar-refractivity contribution is -0.0512. The third-order valence-corrected chi connectivity index (χ3v) is 3.61. The zero-order valence-corrected chi connectivity index (χ0v) is 15.4. The number of hydrogen-bond acceptors (Lipinski definition) is 4. The van der Waals surface area contributed by atoms with Crippen LogP contribution in [0.1, 0.15) is 19.4 Å². The van der Waals surface area contributed by atoms with E-state index >= 15 is 0 Å². The lowest BCUT2D eigenvalue weighted by Crippen LogP contribution is -2.45. The molecule has 142 valence electrons. The van der Waals surface area contributed by atoms with Gasteiger partial charge in [0.05, 0.1) is 12.7 Å². The van der Waals surface area contributed by atoms with Gasteiger partial charge in [-0.15, -0.1) is 0 Å². The van der Waals surface area contributed by atoms with Crippen molar-refractivity contribution in [1.29, 1.82) is 0 Å². The van der Waals surface area contributed by atoms with E-state index in [9.17, 15) is 8.78 Å². The molecule has 1 aromatic rings. The predicted octanol–water partition coefficient (Wildman–Crippen LogP) is 2.43. The van der Waals surface area contributed by atoms with E-state index in [1.165, 1.54) is 7.11 Å². The van der Waals surface area contributed by atoms with Crippen molar-refractivity contribution in [2.24, 2.45) is 4.99 Å². The van der Waals surface area contributed by atoms with Gasteiger partial charge in [0.1, 0.15) is 0 Å². The molecule has 8 heteroatoms. The molecule has 0 aromatic heterocycles.